The van der Waals surface area contributed by atoms with Crippen molar-refractivity contribution in [2.45, 2.75) is 32.4 Å². The first-order valence-electron chi connectivity index (χ1n) is 8.22. The van der Waals surface area contributed by atoms with E-state index < -0.39 is 0 Å². The largest absolute Gasteiger partial charge is 0.352 e. The molecule has 1 amide bonds. The summed E-state index contributed by atoms with van der Waals surface area (Å²) in [7, 11) is 1.76. The standard InChI is InChI=1S/C17H24N4O2.ClH/c1-12-7-9-18-11-13(12)19-16(22)8-10-21-15-6-4-3-5-14(15)20(2)17(21)23;/h3-6,12-13,18H,7-11H2,1-2H3,(H,19,22);1H. The molecule has 1 saturated heterocycles. The van der Waals surface area contributed by atoms with Crippen LogP contribution in [0.25, 0.3) is 11.0 Å². The molecular formula is C17H25ClN4O2. The minimum atomic E-state index is -0.0771. The van der Waals surface area contributed by atoms with E-state index in [0.717, 1.165) is 30.5 Å². The van der Waals surface area contributed by atoms with Crippen LogP contribution in [-0.4, -0.2) is 34.2 Å². The highest BCUT2D eigenvalue weighted by atomic mass is 35.5. The molecule has 7 heteroatoms. The van der Waals surface area contributed by atoms with Crippen LogP contribution in [0.5, 0.6) is 0 Å². The molecule has 2 aromatic rings. The number of nitrogens with zero attached hydrogens (tertiary/aromatic N) is 2. The lowest BCUT2D eigenvalue weighted by molar-refractivity contribution is -0.122. The van der Waals surface area contributed by atoms with Gasteiger partial charge in [0, 0.05) is 32.6 Å². The Morgan fingerprint density at radius 2 is 2.04 bits per heavy atom. The SMILES string of the molecule is CC1CCNCC1NC(=O)CCn1c(=O)n(C)c2ccccc21.Cl. The molecular weight excluding hydrogens is 328 g/mol. The van der Waals surface area contributed by atoms with Gasteiger partial charge in [0.25, 0.3) is 0 Å². The molecule has 2 atom stereocenters. The molecule has 132 valence electrons. The summed E-state index contributed by atoms with van der Waals surface area (Å²) in [6, 6.07) is 7.84. The Hall–Kier alpha value is -1.79. The van der Waals surface area contributed by atoms with Crippen molar-refractivity contribution in [3.63, 3.8) is 0 Å². The molecule has 0 radical (unpaired) electrons. The molecule has 1 fully saturated rings. The van der Waals surface area contributed by atoms with E-state index >= 15 is 0 Å². The van der Waals surface area contributed by atoms with Crippen LogP contribution in [0.4, 0.5) is 0 Å². The van der Waals surface area contributed by atoms with E-state index in [1.807, 2.05) is 24.3 Å². The molecule has 1 aliphatic rings. The van der Waals surface area contributed by atoms with Gasteiger partial charge < -0.3 is 10.6 Å². The average Bonchev–Trinajstić information content (AvgIpc) is 2.80. The average molecular weight is 353 g/mol. The Balaban J connectivity index is 0.00000208. The predicted octanol–water partition coefficient (Wildman–Crippen LogP) is 1.27. The number of benzene rings is 1. The maximum Gasteiger partial charge on any atom is 0.328 e. The van der Waals surface area contributed by atoms with Gasteiger partial charge in [0.05, 0.1) is 11.0 Å². The van der Waals surface area contributed by atoms with E-state index in [1.165, 1.54) is 0 Å². The van der Waals surface area contributed by atoms with Gasteiger partial charge in [-0.25, -0.2) is 4.79 Å². The second-order valence-corrected chi connectivity index (χ2v) is 6.38. The summed E-state index contributed by atoms with van der Waals surface area (Å²) in [6.45, 7) is 4.40. The number of imidazole rings is 1. The number of para-hydroxylation sites is 2. The van der Waals surface area contributed by atoms with Crippen molar-refractivity contribution in [1.82, 2.24) is 19.8 Å². The number of amides is 1. The first-order valence-corrected chi connectivity index (χ1v) is 8.22. The number of aryl methyl sites for hydroxylation is 2. The monoisotopic (exact) mass is 352 g/mol. The quantitative estimate of drug-likeness (QED) is 0.870. The van der Waals surface area contributed by atoms with E-state index in [2.05, 4.69) is 17.6 Å². The highest BCUT2D eigenvalue weighted by molar-refractivity contribution is 5.85. The highest BCUT2D eigenvalue weighted by Gasteiger charge is 2.22. The maximum absolute atomic E-state index is 12.3. The van der Waals surface area contributed by atoms with Crippen molar-refractivity contribution in [1.29, 1.82) is 0 Å². The summed E-state index contributed by atoms with van der Waals surface area (Å²) in [5.41, 5.74) is 1.69. The summed E-state index contributed by atoms with van der Waals surface area (Å²) in [6.07, 6.45) is 1.39. The topological polar surface area (TPSA) is 68.1 Å². The zero-order valence-corrected chi connectivity index (χ0v) is 14.9. The number of piperidine rings is 1. The Kier molecular flexibility index (Phi) is 6.07. The van der Waals surface area contributed by atoms with Gasteiger partial charge in [0.1, 0.15) is 0 Å². The van der Waals surface area contributed by atoms with Gasteiger partial charge in [-0.05, 0) is 31.0 Å². The molecule has 0 aliphatic carbocycles. The summed E-state index contributed by atoms with van der Waals surface area (Å²) in [5.74, 6) is 0.492. The predicted molar refractivity (Wildman–Crippen MR) is 97.6 cm³/mol. The molecule has 2 unspecified atom stereocenters. The van der Waals surface area contributed by atoms with E-state index in [0.29, 0.717) is 18.9 Å². The van der Waals surface area contributed by atoms with Crippen LogP contribution in [0.15, 0.2) is 29.1 Å². The van der Waals surface area contributed by atoms with Crippen LogP contribution < -0.4 is 16.3 Å². The Morgan fingerprint density at radius 1 is 1.33 bits per heavy atom. The van der Waals surface area contributed by atoms with Crippen LogP contribution in [-0.2, 0) is 18.4 Å². The third kappa shape index (κ3) is 3.65. The zero-order valence-electron chi connectivity index (χ0n) is 14.1. The number of carbonyl (C=O) groups excluding carboxylic acids is 1. The molecule has 0 bridgehead atoms. The van der Waals surface area contributed by atoms with E-state index in [1.54, 1.807) is 16.2 Å². The summed E-state index contributed by atoms with van der Waals surface area (Å²) in [4.78, 5) is 24.6. The Labute approximate surface area is 147 Å². The fourth-order valence-electron chi connectivity index (χ4n) is 3.25. The molecule has 6 nitrogen and oxygen atoms in total. The number of rotatable bonds is 4. The smallest absolute Gasteiger partial charge is 0.328 e. The Morgan fingerprint density at radius 3 is 2.75 bits per heavy atom. The van der Waals surface area contributed by atoms with Crippen LogP contribution in [0, 0.1) is 5.92 Å². The molecule has 1 aromatic heterocycles. The van der Waals surface area contributed by atoms with E-state index in [-0.39, 0.29) is 30.0 Å². The van der Waals surface area contributed by atoms with E-state index in [4.69, 9.17) is 0 Å². The zero-order chi connectivity index (χ0) is 16.4. The number of fused-ring (bicyclic) bond motifs is 1. The molecule has 3 rings (SSSR count). The number of hydrogen-bond donors (Lipinski definition) is 2. The van der Waals surface area contributed by atoms with Gasteiger partial charge in [-0.2, -0.15) is 0 Å². The summed E-state index contributed by atoms with van der Waals surface area (Å²) >= 11 is 0. The number of carbonyl (C=O) groups is 1. The second-order valence-electron chi connectivity index (χ2n) is 6.38. The lowest BCUT2D eigenvalue weighted by Gasteiger charge is -2.30. The van der Waals surface area contributed by atoms with Gasteiger partial charge >= 0.3 is 5.69 Å². The lowest BCUT2D eigenvalue weighted by atomic mass is 9.95. The molecule has 2 N–H and O–H groups in total. The van der Waals surface area contributed by atoms with Crippen molar-refractivity contribution in [3.05, 3.63) is 34.7 Å². The molecule has 0 saturated carbocycles. The molecule has 24 heavy (non-hydrogen) atoms. The Bertz CT molecular complexity index is 768. The third-order valence-corrected chi connectivity index (χ3v) is 4.79. The number of nitrogens with one attached hydrogen (secondary N) is 2. The van der Waals surface area contributed by atoms with Crippen molar-refractivity contribution >= 4 is 29.3 Å². The van der Waals surface area contributed by atoms with Crippen LogP contribution >= 0.6 is 12.4 Å². The first-order chi connectivity index (χ1) is 11.1. The molecule has 2 heterocycles. The maximum atomic E-state index is 12.3. The third-order valence-electron chi connectivity index (χ3n) is 4.79. The highest BCUT2D eigenvalue weighted by Crippen LogP contribution is 2.13. The van der Waals surface area contributed by atoms with Crippen LogP contribution in [0.2, 0.25) is 0 Å². The fraction of sp³-hybridized carbons (Fsp3) is 0.529. The van der Waals surface area contributed by atoms with Gasteiger partial charge in [-0.3, -0.25) is 13.9 Å². The number of halogens is 1. The van der Waals surface area contributed by atoms with Crippen molar-refractivity contribution < 1.29 is 4.79 Å². The lowest BCUT2D eigenvalue weighted by Crippen LogP contribution is -2.50. The minimum absolute atomic E-state index is 0. The van der Waals surface area contributed by atoms with Crippen molar-refractivity contribution in [3.8, 4) is 0 Å². The summed E-state index contributed by atoms with van der Waals surface area (Å²) in [5, 5.41) is 6.40. The number of hydrogen-bond acceptors (Lipinski definition) is 3. The first kappa shape index (κ1) is 18.5. The van der Waals surface area contributed by atoms with Gasteiger partial charge in [-0.15, -0.1) is 12.4 Å². The van der Waals surface area contributed by atoms with Gasteiger partial charge in [0.15, 0.2) is 0 Å². The van der Waals surface area contributed by atoms with E-state index in [9.17, 15) is 9.59 Å². The normalized spacial score (nSPS) is 20.6. The second kappa shape index (κ2) is 7.85. The van der Waals surface area contributed by atoms with Crippen molar-refractivity contribution in [2.24, 2.45) is 13.0 Å². The van der Waals surface area contributed by atoms with Gasteiger partial charge in [0.2, 0.25) is 5.91 Å². The number of aromatic nitrogens is 2. The van der Waals surface area contributed by atoms with Crippen LogP contribution in [0.1, 0.15) is 19.8 Å². The fourth-order valence-corrected chi connectivity index (χ4v) is 3.25. The minimum Gasteiger partial charge on any atom is -0.352 e. The van der Waals surface area contributed by atoms with Crippen LogP contribution in [0.3, 0.4) is 0 Å². The summed E-state index contributed by atoms with van der Waals surface area (Å²) < 4.78 is 3.30. The van der Waals surface area contributed by atoms with Crippen molar-refractivity contribution in [2.75, 3.05) is 13.1 Å². The van der Waals surface area contributed by atoms with Gasteiger partial charge in [-0.1, -0.05) is 19.1 Å². The molecule has 1 aromatic carbocycles. The molecule has 0 spiro atoms. The molecule has 1 aliphatic heterocycles.